The fourth-order valence-corrected chi connectivity index (χ4v) is 8.10. The second kappa shape index (κ2) is 8.62. The molecule has 23 heavy (non-hydrogen) atoms. The number of nitrogens with zero attached hydrogens (tertiary/aromatic N) is 1. The number of hydrogen-bond acceptors (Lipinski definition) is 4. The molecule has 0 spiro atoms. The first kappa shape index (κ1) is 20.6. The van der Waals surface area contributed by atoms with E-state index >= 15 is 0 Å². The van der Waals surface area contributed by atoms with Crippen molar-refractivity contribution in [3.63, 3.8) is 0 Å². The van der Waals surface area contributed by atoms with E-state index in [0.717, 1.165) is 38.1 Å². The minimum Gasteiger partial charge on any atom is -0.469 e. The Balaban J connectivity index is 2.91. The molecule has 0 aliphatic carbocycles. The van der Waals surface area contributed by atoms with Crippen molar-refractivity contribution < 1.29 is 17.9 Å². The van der Waals surface area contributed by atoms with Crippen molar-refractivity contribution in [1.82, 2.24) is 4.31 Å². The number of rotatable bonds is 9. The highest BCUT2D eigenvalue weighted by molar-refractivity contribution is 7.89. The zero-order valence-corrected chi connectivity index (χ0v) is 17.1. The maximum absolute atomic E-state index is 12.9. The molecule has 1 aliphatic heterocycles. The van der Waals surface area contributed by atoms with Gasteiger partial charge in [0.15, 0.2) is 0 Å². The molecule has 1 fully saturated rings. The smallest absolute Gasteiger partial charge is 0.307 e. The summed E-state index contributed by atoms with van der Waals surface area (Å²) in [5.74, 6) is -0.111. The van der Waals surface area contributed by atoms with Crippen molar-refractivity contribution in [3.8, 4) is 0 Å². The third-order valence-corrected chi connectivity index (χ3v) is 8.58. The molecule has 1 heterocycles. The summed E-state index contributed by atoms with van der Waals surface area (Å²) in [7, 11) is -3.38. The van der Waals surface area contributed by atoms with E-state index in [4.69, 9.17) is 4.74 Å². The third-order valence-electron chi connectivity index (χ3n) is 4.50. The third kappa shape index (κ3) is 6.55. The Hall–Kier alpha value is -0.403. The Labute approximate surface area is 142 Å². The molecule has 7 heteroatoms. The first-order chi connectivity index (χ1) is 10.6. The molecule has 2 atom stereocenters. The number of carbonyl (C=O) groups is 1. The molecule has 0 aromatic carbocycles. The van der Waals surface area contributed by atoms with E-state index in [1.165, 1.54) is 7.11 Å². The van der Waals surface area contributed by atoms with Crippen LogP contribution < -0.4 is 0 Å². The van der Waals surface area contributed by atoms with E-state index in [1.54, 1.807) is 4.31 Å². The molecule has 1 aliphatic rings. The zero-order valence-electron chi connectivity index (χ0n) is 15.3. The SMILES string of the molecule is CCCC[C@H]1CC[C@H](CC(=O)OC)N1S(=O)(=O)CC[Si](C)(C)C. The molecule has 5 nitrogen and oxygen atoms in total. The fourth-order valence-electron chi connectivity index (χ4n) is 3.11. The number of sulfonamides is 1. The average molecular weight is 364 g/mol. The van der Waals surface area contributed by atoms with Crippen molar-refractivity contribution in [2.45, 2.75) is 83.2 Å². The topological polar surface area (TPSA) is 63.7 Å². The Bertz CT molecular complexity index is 487. The monoisotopic (exact) mass is 363 g/mol. The van der Waals surface area contributed by atoms with Crippen LogP contribution in [0, 0.1) is 0 Å². The van der Waals surface area contributed by atoms with E-state index in [2.05, 4.69) is 26.6 Å². The number of carbonyl (C=O) groups excluding carboxylic acids is 1. The van der Waals surface area contributed by atoms with Gasteiger partial charge in [0, 0.05) is 20.2 Å². The lowest BCUT2D eigenvalue weighted by Crippen LogP contribution is -2.44. The summed E-state index contributed by atoms with van der Waals surface area (Å²) in [5, 5.41) is 0. The second-order valence-electron chi connectivity index (χ2n) is 7.76. The van der Waals surface area contributed by atoms with Gasteiger partial charge in [0.2, 0.25) is 10.0 Å². The molecule has 0 unspecified atom stereocenters. The van der Waals surface area contributed by atoms with Gasteiger partial charge in [-0.25, -0.2) is 8.42 Å². The van der Waals surface area contributed by atoms with Crippen molar-refractivity contribution >= 4 is 24.1 Å². The molecule has 0 aromatic rings. The molecule has 0 N–H and O–H groups in total. The minimum absolute atomic E-state index is 0.0521. The Morgan fingerprint density at radius 1 is 1.22 bits per heavy atom. The number of unbranched alkanes of at least 4 members (excludes halogenated alkanes) is 1. The highest BCUT2D eigenvalue weighted by Crippen LogP contribution is 2.33. The first-order valence-electron chi connectivity index (χ1n) is 8.68. The van der Waals surface area contributed by atoms with Crippen LogP contribution in [-0.4, -0.2) is 51.7 Å². The van der Waals surface area contributed by atoms with Crippen molar-refractivity contribution in [2.75, 3.05) is 12.9 Å². The molecule has 0 aromatic heterocycles. The lowest BCUT2D eigenvalue weighted by Gasteiger charge is -2.30. The van der Waals surface area contributed by atoms with E-state index in [-0.39, 0.29) is 30.2 Å². The van der Waals surface area contributed by atoms with Gasteiger partial charge >= 0.3 is 5.97 Å². The second-order valence-corrected chi connectivity index (χ2v) is 15.4. The van der Waals surface area contributed by atoms with E-state index in [9.17, 15) is 13.2 Å². The lowest BCUT2D eigenvalue weighted by atomic mass is 10.1. The summed E-state index contributed by atoms with van der Waals surface area (Å²) in [5.41, 5.74) is 0. The van der Waals surface area contributed by atoms with Crippen LogP contribution in [0.5, 0.6) is 0 Å². The molecule has 0 radical (unpaired) electrons. The van der Waals surface area contributed by atoms with Gasteiger partial charge < -0.3 is 4.74 Å². The van der Waals surface area contributed by atoms with Crippen LogP contribution in [0.3, 0.4) is 0 Å². The van der Waals surface area contributed by atoms with E-state index < -0.39 is 18.1 Å². The van der Waals surface area contributed by atoms with Gasteiger partial charge in [0.05, 0.1) is 19.3 Å². The average Bonchev–Trinajstić information content (AvgIpc) is 2.85. The summed E-state index contributed by atoms with van der Waals surface area (Å²) in [6, 6.07) is 0.587. The summed E-state index contributed by atoms with van der Waals surface area (Å²) < 4.78 is 32.3. The summed E-state index contributed by atoms with van der Waals surface area (Å²) in [6.07, 6.45) is 4.76. The standard InChI is InChI=1S/C16H33NO4SSi/c1-6-7-8-14-9-10-15(13-16(18)21-2)17(14)22(19,20)11-12-23(3,4)5/h14-15H,6-13H2,1-5H3/t14-,15+/m0/s1. The Morgan fingerprint density at radius 2 is 1.83 bits per heavy atom. The fraction of sp³-hybridized carbons (Fsp3) is 0.938. The Kier molecular flexibility index (Phi) is 7.74. The maximum Gasteiger partial charge on any atom is 0.307 e. The highest BCUT2D eigenvalue weighted by atomic mass is 32.2. The maximum atomic E-state index is 12.9. The van der Waals surface area contributed by atoms with E-state index in [0.29, 0.717) is 0 Å². The van der Waals surface area contributed by atoms with Crippen LogP contribution in [0.15, 0.2) is 0 Å². The molecule has 0 bridgehead atoms. The van der Waals surface area contributed by atoms with Crippen LogP contribution in [0.4, 0.5) is 0 Å². The van der Waals surface area contributed by atoms with Crippen LogP contribution >= 0.6 is 0 Å². The number of methoxy groups -OCH3 is 1. The van der Waals surface area contributed by atoms with Gasteiger partial charge in [0.25, 0.3) is 0 Å². The zero-order chi connectivity index (χ0) is 17.7. The van der Waals surface area contributed by atoms with Crippen molar-refractivity contribution in [1.29, 1.82) is 0 Å². The minimum atomic E-state index is -3.32. The van der Waals surface area contributed by atoms with Crippen LogP contribution in [-0.2, 0) is 19.6 Å². The lowest BCUT2D eigenvalue weighted by molar-refractivity contribution is -0.141. The molecule has 0 saturated carbocycles. The summed E-state index contributed by atoms with van der Waals surface area (Å²) in [6.45, 7) is 8.68. The largest absolute Gasteiger partial charge is 0.469 e. The van der Waals surface area contributed by atoms with Gasteiger partial charge in [-0.2, -0.15) is 4.31 Å². The van der Waals surface area contributed by atoms with Gasteiger partial charge in [-0.3, -0.25) is 4.79 Å². The number of hydrogen-bond donors (Lipinski definition) is 0. The predicted molar refractivity (Wildman–Crippen MR) is 96.7 cm³/mol. The molecule has 1 saturated heterocycles. The van der Waals surface area contributed by atoms with Crippen molar-refractivity contribution in [3.05, 3.63) is 0 Å². The number of ether oxygens (including phenoxy) is 1. The summed E-state index contributed by atoms with van der Waals surface area (Å²) in [4.78, 5) is 11.6. The quantitative estimate of drug-likeness (QED) is 0.466. The van der Waals surface area contributed by atoms with Gasteiger partial charge in [-0.1, -0.05) is 39.4 Å². The van der Waals surface area contributed by atoms with Crippen LogP contribution in [0.1, 0.15) is 45.4 Å². The molecular weight excluding hydrogens is 330 g/mol. The molecule has 1 rings (SSSR count). The van der Waals surface area contributed by atoms with Crippen LogP contribution in [0.2, 0.25) is 25.7 Å². The predicted octanol–water partition coefficient (Wildman–Crippen LogP) is 3.24. The van der Waals surface area contributed by atoms with Gasteiger partial charge in [0.1, 0.15) is 0 Å². The van der Waals surface area contributed by atoms with E-state index in [1.807, 2.05) is 0 Å². The normalized spacial score (nSPS) is 23.2. The highest BCUT2D eigenvalue weighted by Gasteiger charge is 2.42. The van der Waals surface area contributed by atoms with Gasteiger partial charge in [-0.05, 0) is 25.3 Å². The molecule has 0 amide bonds. The summed E-state index contributed by atoms with van der Waals surface area (Å²) >= 11 is 0. The molecule has 136 valence electrons. The number of esters is 1. The van der Waals surface area contributed by atoms with Crippen molar-refractivity contribution in [2.24, 2.45) is 0 Å². The van der Waals surface area contributed by atoms with Gasteiger partial charge in [-0.15, -0.1) is 0 Å². The Morgan fingerprint density at radius 3 is 2.35 bits per heavy atom. The van der Waals surface area contributed by atoms with Crippen LogP contribution in [0.25, 0.3) is 0 Å². The first-order valence-corrected chi connectivity index (χ1v) is 14.0. The molecular formula is C16H33NO4SSi.